The van der Waals surface area contributed by atoms with Crippen LogP contribution in [0.15, 0.2) is 36.7 Å². The topological polar surface area (TPSA) is 41.4 Å². The Bertz CT molecular complexity index is 785. The molecule has 1 saturated carbocycles. The van der Waals surface area contributed by atoms with Crippen molar-refractivity contribution in [3.8, 4) is 0 Å². The van der Waals surface area contributed by atoms with Gasteiger partial charge >= 0.3 is 6.03 Å². The number of hydrogen-bond acceptors (Lipinski definition) is 3. The maximum atomic E-state index is 12.6. The van der Waals surface area contributed by atoms with E-state index in [-0.39, 0.29) is 6.03 Å². The predicted molar refractivity (Wildman–Crippen MR) is 102 cm³/mol. The van der Waals surface area contributed by atoms with E-state index in [0.717, 1.165) is 25.2 Å². The van der Waals surface area contributed by atoms with Crippen molar-refractivity contribution < 1.29 is 4.79 Å². The van der Waals surface area contributed by atoms with Crippen molar-refractivity contribution in [2.24, 2.45) is 11.8 Å². The molecule has 1 aliphatic carbocycles. The van der Waals surface area contributed by atoms with Gasteiger partial charge in [0.1, 0.15) is 0 Å². The van der Waals surface area contributed by atoms with Gasteiger partial charge in [-0.25, -0.2) is 4.79 Å². The Kier molecular flexibility index (Phi) is 4.57. The van der Waals surface area contributed by atoms with Crippen LogP contribution in [0, 0.1) is 25.7 Å². The lowest BCUT2D eigenvalue weighted by molar-refractivity contribution is 0.192. The van der Waals surface area contributed by atoms with E-state index in [1.165, 1.54) is 28.7 Å². The molecule has 1 aliphatic heterocycles. The first-order chi connectivity index (χ1) is 12.5. The van der Waals surface area contributed by atoms with Gasteiger partial charge in [-0.1, -0.05) is 29.8 Å². The second-order valence-corrected chi connectivity index (χ2v) is 8.20. The summed E-state index contributed by atoms with van der Waals surface area (Å²) in [6.07, 6.45) is 5.93. The minimum absolute atomic E-state index is 0.0252. The fourth-order valence-corrected chi connectivity index (χ4v) is 4.67. The second kappa shape index (κ2) is 6.88. The van der Waals surface area contributed by atoms with Crippen LogP contribution in [0.2, 0.25) is 0 Å². The number of likely N-dealkylation sites (tertiary alicyclic amines) is 1. The third kappa shape index (κ3) is 3.40. The number of carbonyl (C=O) groups is 1. The number of aryl methyl sites for hydroxylation is 2. The molecule has 1 amide bonds. The predicted octanol–water partition coefficient (Wildman–Crippen LogP) is 3.31. The van der Waals surface area contributed by atoms with E-state index in [0.29, 0.717) is 17.9 Å². The van der Waals surface area contributed by atoms with Crippen LogP contribution in [0.1, 0.15) is 29.5 Å². The highest BCUT2D eigenvalue weighted by Gasteiger charge is 2.43. The van der Waals surface area contributed by atoms with Gasteiger partial charge in [0.2, 0.25) is 0 Å². The molecule has 5 heteroatoms. The third-order valence-corrected chi connectivity index (χ3v) is 6.04. The molecule has 2 fully saturated rings. The molecule has 5 nitrogen and oxygen atoms in total. The Morgan fingerprint density at radius 2 is 1.92 bits per heavy atom. The molecular weight excluding hydrogens is 324 g/mol. The summed E-state index contributed by atoms with van der Waals surface area (Å²) in [5, 5.41) is 4.17. The summed E-state index contributed by atoms with van der Waals surface area (Å²) in [6, 6.07) is 9.43. The van der Waals surface area contributed by atoms with Gasteiger partial charge in [-0.3, -0.25) is 4.90 Å². The maximum absolute atomic E-state index is 12.6. The van der Waals surface area contributed by atoms with Crippen LogP contribution in [0.4, 0.5) is 4.79 Å². The second-order valence-electron chi connectivity index (χ2n) is 8.20. The Morgan fingerprint density at radius 1 is 1.19 bits per heavy atom. The molecule has 3 atom stereocenters. The lowest BCUT2D eigenvalue weighted by atomic mass is 10.0. The Balaban J connectivity index is 1.34. The van der Waals surface area contributed by atoms with E-state index in [9.17, 15) is 4.79 Å². The summed E-state index contributed by atoms with van der Waals surface area (Å²) in [5.74, 6) is 1.25. The number of carbonyl (C=O) groups excluding carboxylic acids is 1. The van der Waals surface area contributed by atoms with Gasteiger partial charge in [0, 0.05) is 31.9 Å². The molecule has 1 unspecified atom stereocenters. The molecule has 1 saturated heterocycles. The van der Waals surface area contributed by atoms with Crippen molar-refractivity contribution in [2.45, 2.75) is 39.3 Å². The molecule has 2 aromatic rings. The number of hydrogen-bond donors (Lipinski definition) is 0. The van der Waals surface area contributed by atoms with Crippen LogP contribution in [0.25, 0.3) is 0 Å². The number of amides is 1. The summed E-state index contributed by atoms with van der Waals surface area (Å²) >= 11 is 0. The largest absolute Gasteiger partial charge is 0.344 e. The third-order valence-electron chi connectivity index (χ3n) is 6.04. The van der Waals surface area contributed by atoms with E-state index in [2.05, 4.69) is 48.2 Å². The Labute approximate surface area is 155 Å². The van der Waals surface area contributed by atoms with Crippen molar-refractivity contribution in [3.63, 3.8) is 0 Å². The standard InChI is InChI=1S/C21H28N4O/c1-15-5-4-6-17(7-15)12-23(3)20-8-18-13-24(14-19(18)9-20)21(26)25-11-16(2)10-22-25/h4-7,10-11,18-20H,8-9,12-14H2,1-3H3/t18-,19+,20?. The van der Waals surface area contributed by atoms with Crippen molar-refractivity contribution in [2.75, 3.05) is 20.1 Å². The lowest BCUT2D eigenvalue weighted by Gasteiger charge is -2.26. The summed E-state index contributed by atoms with van der Waals surface area (Å²) in [5.41, 5.74) is 3.73. The van der Waals surface area contributed by atoms with E-state index in [1.54, 1.807) is 6.20 Å². The lowest BCUT2D eigenvalue weighted by Crippen LogP contribution is -2.36. The fourth-order valence-electron chi connectivity index (χ4n) is 4.67. The summed E-state index contributed by atoms with van der Waals surface area (Å²) < 4.78 is 1.48. The highest BCUT2D eigenvalue weighted by atomic mass is 16.2. The number of aromatic nitrogens is 2. The van der Waals surface area contributed by atoms with Crippen LogP contribution in [-0.2, 0) is 6.54 Å². The van der Waals surface area contributed by atoms with Crippen molar-refractivity contribution in [1.82, 2.24) is 19.6 Å². The Morgan fingerprint density at radius 3 is 2.54 bits per heavy atom. The van der Waals surface area contributed by atoms with E-state index in [1.807, 2.05) is 18.0 Å². The number of fused-ring (bicyclic) bond motifs is 1. The van der Waals surface area contributed by atoms with E-state index < -0.39 is 0 Å². The van der Waals surface area contributed by atoms with Gasteiger partial charge in [-0.15, -0.1) is 0 Å². The zero-order valence-electron chi connectivity index (χ0n) is 15.9. The van der Waals surface area contributed by atoms with Gasteiger partial charge in [0.05, 0.1) is 6.20 Å². The molecule has 0 radical (unpaired) electrons. The maximum Gasteiger partial charge on any atom is 0.344 e. The van der Waals surface area contributed by atoms with Crippen molar-refractivity contribution in [1.29, 1.82) is 0 Å². The molecule has 0 bridgehead atoms. The monoisotopic (exact) mass is 352 g/mol. The molecule has 2 heterocycles. The van der Waals surface area contributed by atoms with Gasteiger partial charge in [0.25, 0.3) is 0 Å². The first-order valence-electron chi connectivity index (χ1n) is 9.56. The summed E-state index contributed by atoms with van der Waals surface area (Å²) in [7, 11) is 2.24. The molecule has 0 spiro atoms. The highest BCUT2D eigenvalue weighted by Crippen LogP contribution is 2.40. The fraction of sp³-hybridized carbons (Fsp3) is 0.524. The molecular formula is C21H28N4O. The average Bonchev–Trinajstić information content (AvgIpc) is 3.28. The average molecular weight is 352 g/mol. The number of benzene rings is 1. The highest BCUT2D eigenvalue weighted by molar-refractivity contribution is 5.76. The molecule has 0 N–H and O–H groups in total. The van der Waals surface area contributed by atoms with Crippen LogP contribution in [0.3, 0.4) is 0 Å². The van der Waals surface area contributed by atoms with Crippen LogP contribution in [-0.4, -0.2) is 51.8 Å². The minimum atomic E-state index is 0.0252. The normalized spacial score (nSPS) is 25.1. The van der Waals surface area contributed by atoms with Crippen LogP contribution in [0.5, 0.6) is 0 Å². The van der Waals surface area contributed by atoms with Crippen LogP contribution >= 0.6 is 0 Å². The molecule has 1 aromatic heterocycles. The summed E-state index contributed by atoms with van der Waals surface area (Å²) in [6.45, 7) is 6.86. The number of nitrogens with zero attached hydrogens (tertiary/aromatic N) is 4. The smallest absolute Gasteiger partial charge is 0.322 e. The molecule has 138 valence electrons. The quantitative estimate of drug-likeness (QED) is 0.851. The van der Waals surface area contributed by atoms with Crippen LogP contribution < -0.4 is 0 Å². The Hall–Kier alpha value is -2.14. The van der Waals surface area contributed by atoms with E-state index in [4.69, 9.17) is 0 Å². The zero-order chi connectivity index (χ0) is 18.3. The van der Waals surface area contributed by atoms with Gasteiger partial charge in [-0.05, 0) is 56.7 Å². The minimum Gasteiger partial charge on any atom is -0.322 e. The van der Waals surface area contributed by atoms with Crippen molar-refractivity contribution in [3.05, 3.63) is 53.3 Å². The van der Waals surface area contributed by atoms with Gasteiger partial charge < -0.3 is 4.90 Å². The molecule has 2 aliphatic rings. The van der Waals surface area contributed by atoms with Gasteiger partial charge in [0.15, 0.2) is 0 Å². The molecule has 4 rings (SSSR count). The molecule has 26 heavy (non-hydrogen) atoms. The van der Waals surface area contributed by atoms with Crippen molar-refractivity contribution >= 4 is 6.03 Å². The zero-order valence-corrected chi connectivity index (χ0v) is 15.9. The SMILES string of the molecule is Cc1cccc(CN(C)C2C[C@@H]3CN(C(=O)n4cc(C)cn4)C[C@@H]3C2)c1. The first kappa shape index (κ1) is 17.3. The number of rotatable bonds is 3. The van der Waals surface area contributed by atoms with E-state index >= 15 is 0 Å². The first-order valence-corrected chi connectivity index (χ1v) is 9.56. The molecule has 1 aromatic carbocycles. The van der Waals surface area contributed by atoms with Gasteiger partial charge in [-0.2, -0.15) is 9.78 Å². The summed E-state index contributed by atoms with van der Waals surface area (Å²) in [4.78, 5) is 17.1.